The van der Waals surface area contributed by atoms with Crippen LogP contribution >= 0.6 is 12.2 Å². The molecular formula is C13H18N4O2S. The number of nitrogens with one attached hydrogen (secondary N) is 1. The maximum absolute atomic E-state index is 12.5. The van der Waals surface area contributed by atoms with Gasteiger partial charge in [0.2, 0.25) is 0 Å². The van der Waals surface area contributed by atoms with Crippen LogP contribution in [0.1, 0.15) is 38.1 Å². The van der Waals surface area contributed by atoms with E-state index in [0.29, 0.717) is 15.9 Å². The van der Waals surface area contributed by atoms with E-state index in [1.165, 1.54) is 18.0 Å². The molecule has 0 atom stereocenters. The predicted molar refractivity (Wildman–Crippen MR) is 79.7 cm³/mol. The van der Waals surface area contributed by atoms with E-state index in [9.17, 15) is 9.59 Å². The predicted octanol–water partition coefficient (Wildman–Crippen LogP) is 1.60. The number of aromatic amines is 1. The summed E-state index contributed by atoms with van der Waals surface area (Å²) in [5, 5.41) is 0. The van der Waals surface area contributed by atoms with Crippen molar-refractivity contribution in [1.29, 1.82) is 0 Å². The van der Waals surface area contributed by atoms with Crippen LogP contribution in [0.4, 0.5) is 0 Å². The number of imidazole rings is 1. The first-order valence-electron chi connectivity index (χ1n) is 6.92. The molecule has 6 nitrogen and oxygen atoms in total. The zero-order chi connectivity index (χ0) is 14.4. The van der Waals surface area contributed by atoms with E-state index in [1.807, 2.05) is 0 Å². The third-order valence-electron chi connectivity index (χ3n) is 4.27. The highest BCUT2D eigenvalue weighted by Gasteiger charge is 2.23. The van der Waals surface area contributed by atoms with Crippen LogP contribution in [0.3, 0.4) is 0 Å². The molecule has 0 saturated heterocycles. The Labute approximate surface area is 120 Å². The second-order valence-corrected chi connectivity index (χ2v) is 5.88. The molecule has 0 spiro atoms. The molecule has 0 radical (unpaired) electrons. The Bertz CT molecular complexity index is 833. The van der Waals surface area contributed by atoms with E-state index in [4.69, 9.17) is 12.2 Å². The molecule has 1 fully saturated rings. The molecule has 108 valence electrons. The summed E-state index contributed by atoms with van der Waals surface area (Å²) in [5.74, 6) is 0. The van der Waals surface area contributed by atoms with E-state index in [1.54, 1.807) is 16.2 Å². The third-order valence-corrected chi connectivity index (χ3v) is 4.65. The van der Waals surface area contributed by atoms with Gasteiger partial charge >= 0.3 is 5.69 Å². The van der Waals surface area contributed by atoms with Crippen LogP contribution in [0.15, 0.2) is 9.59 Å². The summed E-state index contributed by atoms with van der Waals surface area (Å²) in [6.45, 7) is 0. The monoisotopic (exact) mass is 294 g/mol. The minimum Gasteiger partial charge on any atom is -0.316 e. The van der Waals surface area contributed by atoms with Crippen molar-refractivity contribution in [3.8, 4) is 0 Å². The van der Waals surface area contributed by atoms with E-state index in [2.05, 4.69) is 4.98 Å². The fourth-order valence-corrected chi connectivity index (χ4v) is 3.29. The first kappa shape index (κ1) is 13.4. The van der Waals surface area contributed by atoms with Gasteiger partial charge in [-0.3, -0.25) is 13.9 Å². The lowest BCUT2D eigenvalue weighted by molar-refractivity contribution is 0.344. The highest BCUT2D eigenvalue weighted by atomic mass is 32.1. The van der Waals surface area contributed by atoms with Crippen LogP contribution in [-0.2, 0) is 14.1 Å². The van der Waals surface area contributed by atoms with Gasteiger partial charge in [0.25, 0.3) is 5.56 Å². The molecule has 0 amide bonds. The van der Waals surface area contributed by atoms with Crippen molar-refractivity contribution in [2.45, 2.75) is 38.1 Å². The quantitative estimate of drug-likeness (QED) is 0.813. The number of aryl methyl sites for hydroxylation is 1. The number of aromatic nitrogens is 4. The van der Waals surface area contributed by atoms with Crippen molar-refractivity contribution in [2.75, 3.05) is 0 Å². The van der Waals surface area contributed by atoms with Crippen LogP contribution in [0, 0.1) is 4.77 Å². The number of rotatable bonds is 1. The Morgan fingerprint density at radius 2 is 1.75 bits per heavy atom. The van der Waals surface area contributed by atoms with Gasteiger partial charge in [0, 0.05) is 20.1 Å². The third kappa shape index (κ3) is 1.80. The average Bonchev–Trinajstić information content (AvgIpc) is 2.74. The zero-order valence-electron chi connectivity index (χ0n) is 11.7. The number of hydrogen-bond acceptors (Lipinski definition) is 3. The molecule has 0 aliphatic heterocycles. The minimum absolute atomic E-state index is 0.151. The molecule has 20 heavy (non-hydrogen) atoms. The first-order valence-corrected chi connectivity index (χ1v) is 7.33. The van der Waals surface area contributed by atoms with Crippen LogP contribution in [0.2, 0.25) is 0 Å². The normalized spacial score (nSPS) is 16.9. The molecule has 1 aliphatic carbocycles. The van der Waals surface area contributed by atoms with Gasteiger partial charge < -0.3 is 9.55 Å². The van der Waals surface area contributed by atoms with Crippen LogP contribution in [-0.4, -0.2) is 18.7 Å². The average molecular weight is 294 g/mol. The van der Waals surface area contributed by atoms with Gasteiger partial charge in [0.1, 0.15) is 5.65 Å². The summed E-state index contributed by atoms with van der Waals surface area (Å²) in [7, 11) is 3.28. The van der Waals surface area contributed by atoms with Gasteiger partial charge in [-0.1, -0.05) is 19.3 Å². The number of H-pyrrole nitrogens is 1. The minimum atomic E-state index is -0.299. The summed E-state index contributed by atoms with van der Waals surface area (Å²) >= 11 is 5.21. The van der Waals surface area contributed by atoms with Crippen molar-refractivity contribution < 1.29 is 0 Å². The molecule has 0 unspecified atom stereocenters. The number of nitrogens with zero attached hydrogens (tertiary/aromatic N) is 3. The first-order chi connectivity index (χ1) is 9.52. The molecule has 0 aromatic carbocycles. The smallest absolute Gasteiger partial charge is 0.316 e. The number of fused-ring (bicyclic) bond motifs is 1. The molecule has 1 N–H and O–H groups in total. The largest absolute Gasteiger partial charge is 0.332 e. The van der Waals surface area contributed by atoms with Gasteiger partial charge in [0.05, 0.1) is 0 Å². The van der Waals surface area contributed by atoms with E-state index in [-0.39, 0.29) is 17.3 Å². The van der Waals surface area contributed by atoms with Gasteiger partial charge in [-0.2, -0.15) is 0 Å². The molecule has 7 heteroatoms. The van der Waals surface area contributed by atoms with Gasteiger partial charge in [-0.05, 0) is 25.1 Å². The van der Waals surface area contributed by atoms with Crippen molar-refractivity contribution >= 4 is 23.4 Å². The second kappa shape index (κ2) is 4.73. The summed E-state index contributed by atoms with van der Waals surface area (Å²) in [6.07, 6.45) is 5.40. The standard InChI is InChI=1S/C13H18N4O2S/c1-15-9-10(14-12(15)20)17(8-6-4-3-5-7-8)13(19)16(2)11(9)18/h8H,3-7H2,1-2H3,(H,14,20). The molecule has 2 aromatic heterocycles. The van der Waals surface area contributed by atoms with Crippen LogP contribution in [0.25, 0.3) is 11.2 Å². The Morgan fingerprint density at radius 3 is 2.40 bits per heavy atom. The fraction of sp³-hybridized carbons (Fsp3) is 0.615. The second-order valence-electron chi connectivity index (χ2n) is 5.49. The fourth-order valence-electron chi connectivity index (χ4n) is 3.10. The molecule has 2 heterocycles. The van der Waals surface area contributed by atoms with Crippen molar-refractivity contribution in [2.24, 2.45) is 14.1 Å². The van der Waals surface area contributed by atoms with E-state index >= 15 is 0 Å². The van der Waals surface area contributed by atoms with Crippen molar-refractivity contribution in [1.82, 2.24) is 18.7 Å². The Morgan fingerprint density at radius 1 is 1.10 bits per heavy atom. The molecule has 1 saturated carbocycles. The lowest BCUT2D eigenvalue weighted by atomic mass is 9.95. The zero-order valence-corrected chi connectivity index (χ0v) is 12.5. The van der Waals surface area contributed by atoms with Crippen LogP contribution < -0.4 is 11.2 Å². The lowest BCUT2D eigenvalue weighted by Crippen LogP contribution is -2.40. The highest BCUT2D eigenvalue weighted by molar-refractivity contribution is 7.71. The Balaban J connectivity index is 2.41. The summed E-state index contributed by atoms with van der Waals surface area (Å²) < 4.78 is 5.02. The maximum atomic E-state index is 12.5. The summed E-state index contributed by atoms with van der Waals surface area (Å²) in [4.78, 5) is 27.8. The maximum Gasteiger partial charge on any atom is 0.332 e. The topological polar surface area (TPSA) is 64.7 Å². The van der Waals surface area contributed by atoms with Gasteiger partial charge in [-0.15, -0.1) is 0 Å². The van der Waals surface area contributed by atoms with Crippen LogP contribution in [0.5, 0.6) is 0 Å². The summed E-state index contributed by atoms with van der Waals surface area (Å²) in [5.41, 5.74) is 0.485. The Kier molecular flexibility index (Phi) is 3.16. The molecule has 3 rings (SSSR count). The van der Waals surface area contributed by atoms with E-state index in [0.717, 1.165) is 25.7 Å². The van der Waals surface area contributed by atoms with E-state index < -0.39 is 0 Å². The van der Waals surface area contributed by atoms with Crippen molar-refractivity contribution in [3.05, 3.63) is 25.6 Å². The van der Waals surface area contributed by atoms with Gasteiger partial charge in [-0.25, -0.2) is 4.79 Å². The number of hydrogen-bond donors (Lipinski definition) is 1. The molecule has 1 aliphatic rings. The molecular weight excluding hydrogens is 276 g/mol. The van der Waals surface area contributed by atoms with Crippen molar-refractivity contribution in [3.63, 3.8) is 0 Å². The van der Waals surface area contributed by atoms with Gasteiger partial charge in [0.15, 0.2) is 10.3 Å². The SMILES string of the molecule is Cn1c(=O)c2c([nH]c(=S)n2C)n(C2CCCCC2)c1=O. The summed E-state index contributed by atoms with van der Waals surface area (Å²) in [6, 6.07) is 0.151. The highest BCUT2D eigenvalue weighted by Crippen LogP contribution is 2.28. The Hall–Kier alpha value is -1.63. The molecule has 0 bridgehead atoms. The lowest BCUT2D eigenvalue weighted by Gasteiger charge is -2.24. The molecule has 2 aromatic rings.